The van der Waals surface area contributed by atoms with Crippen LogP contribution in [-0.4, -0.2) is 47.4 Å². The van der Waals surface area contributed by atoms with Crippen LogP contribution in [0.3, 0.4) is 0 Å². The van der Waals surface area contributed by atoms with Crippen LogP contribution >= 0.6 is 0 Å². The predicted octanol–water partition coefficient (Wildman–Crippen LogP) is 20.4. The quantitative estimate of drug-likeness (QED) is 0.0320. The van der Waals surface area contributed by atoms with Gasteiger partial charge in [0.05, 0.1) is 25.4 Å². The van der Waals surface area contributed by atoms with E-state index in [-0.39, 0.29) is 18.5 Å². The fraction of sp³-hybridized carbons (Fsp3) is 0.938. The second-order valence-corrected chi connectivity index (χ2v) is 22.5. The zero-order valence-corrected chi connectivity index (χ0v) is 48.2. The van der Waals surface area contributed by atoms with Crippen molar-refractivity contribution in [1.82, 2.24) is 5.32 Å². The summed E-state index contributed by atoms with van der Waals surface area (Å²) in [6.45, 7) is 4.97. The number of amides is 1. The molecule has 0 aromatic rings. The molecule has 2 unspecified atom stereocenters. The van der Waals surface area contributed by atoms with E-state index in [0.29, 0.717) is 25.9 Å². The topological polar surface area (TPSA) is 95.9 Å². The smallest absolute Gasteiger partial charge is 0.305 e. The van der Waals surface area contributed by atoms with Crippen molar-refractivity contribution in [3.8, 4) is 0 Å². The van der Waals surface area contributed by atoms with Crippen molar-refractivity contribution in [2.24, 2.45) is 0 Å². The fourth-order valence-electron chi connectivity index (χ4n) is 10.3. The number of unbranched alkanes of at least 4 members (excludes halogenated alkanes) is 48. The summed E-state index contributed by atoms with van der Waals surface area (Å²) in [4.78, 5) is 24.6. The molecule has 6 nitrogen and oxygen atoms in total. The van der Waals surface area contributed by atoms with Gasteiger partial charge in [0, 0.05) is 12.8 Å². The first kappa shape index (κ1) is 69.6. The number of nitrogens with one attached hydrogen (secondary N) is 1. The molecule has 0 aliphatic carbocycles. The number of aliphatic hydroxyl groups is 2. The van der Waals surface area contributed by atoms with Crippen LogP contribution < -0.4 is 5.32 Å². The number of allylic oxidation sites excluding steroid dienone is 2. The third-order valence-electron chi connectivity index (χ3n) is 15.3. The van der Waals surface area contributed by atoms with Crippen molar-refractivity contribution in [2.75, 3.05) is 13.2 Å². The summed E-state index contributed by atoms with van der Waals surface area (Å²) in [5.74, 6) is -0.0402. The van der Waals surface area contributed by atoms with E-state index >= 15 is 0 Å². The van der Waals surface area contributed by atoms with Crippen LogP contribution in [0.2, 0.25) is 0 Å². The average molecular weight is 1000 g/mol. The van der Waals surface area contributed by atoms with E-state index < -0.39 is 12.1 Å². The lowest BCUT2D eigenvalue weighted by Crippen LogP contribution is -2.45. The van der Waals surface area contributed by atoms with Gasteiger partial charge in [0.25, 0.3) is 0 Å². The minimum absolute atomic E-state index is 0.000848. The molecule has 0 rings (SSSR count). The van der Waals surface area contributed by atoms with Crippen LogP contribution in [0.5, 0.6) is 0 Å². The van der Waals surface area contributed by atoms with Gasteiger partial charge in [-0.1, -0.05) is 315 Å². The molecule has 0 saturated heterocycles. The van der Waals surface area contributed by atoms with E-state index in [2.05, 4.69) is 31.3 Å². The Labute approximate surface area is 444 Å². The molecule has 0 spiro atoms. The Morgan fingerprint density at radius 1 is 0.380 bits per heavy atom. The minimum atomic E-state index is -0.671. The minimum Gasteiger partial charge on any atom is -0.466 e. The monoisotopic (exact) mass is 1000 g/mol. The highest BCUT2D eigenvalue weighted by Gasteiger charge is 2.20. The lowest BCUT2D eigenvalue weighted by Gasteiger charge is -2.22. The van der Waals surface area contributed by atoms with Crippen molar-refractivity contribution in [2.45, 2.75) is 379 Å². The van der Waals surface area contributed by atoms with E-state index in [1.165, 1.54) is 289 Å². The molecule has 3 N–H and O–H groups in total. The molecule has 71 heavy (non-hydrogen) atoms. The zero-order valence-electron chi connectivity index (χ0n) is 48.2. The highest BCUT2D eigenvalue weighted by molar-refractivity contribution is 5.76. The summed E-state index contributed by atoms with van der Waals surface area (Å²) in [5, 5.41) is 23.4. The van der Waals surface area contributed by atoms with Gasteiger partial charge >= 0.3 is 5.97 Å². The van der Waals surface area contributed by atoms with Gasteiger partial charge in [-0.2, -0.15) is 0 Å². The van der Waals surface area contributed by atoms with E-state index in [0.717, 1.165) is 44.9 Å². The molecule has 2 atom stereocenters. The Kier molecular flexibility index (Phi) is 59.9. The lowest BCUT2D eigenvalue weighted by molar-refractivity contribution is -0.143. The number of rotatable bonds is 61. The zero-order chi connectivity index (χ0) is 51.4. The third kappa shape index (κ3) is 57.7. The fourth-order valence-corrected chi connectivity index (χ4v) is 10.3. The number of carbonyl (C=O) groups is 2. The van der Waals surface area contributed by atoms with Crippen LogP contribution in [0.15, 0.2) is 12.2 Å². The van der Waals surface area contributed by atoms with Crippen LogP contribution in [0.4, 0.5) is 0 Å². The van der Waals surface area contributed by atoms with Crippen LogP contribution in [-0.2, 0) is 14.3 Å². The molecule has 0 heterocycles. The van der Waals surface area contributed by atoms with Crippen molar-refractivity contribution < 1.29 is 24.5 Å². The Morgan fingerprint density at radius 2 is 0.662 bits per heavy atom. The second kappa shape index (κ2) is 61.1. The molecule has 0 aromatic carbocycles. The highest BCUT2D eigenvalue weighted by Crippen LogP contribution is 2.18. The van der Waals surface area contributed by atoms with E-state index in [1.807, 2.05) is 0 Å². The molecular weight excluding hydrogens is 875 g/mol. The van der Waals surface area contributed by atoms with E-state index in [1.54, 1.807) is 0 Å². The average Bonchev–Trinajstić information content (AvgIpc) is 3.37. The van der Waals surface area contributed by atoms with Gasteiger partial charge in [0.15, 0.2) is 0 Å². The maximum Gasteiger partial charge on any atom is 0.305 e. The standard InChI is InChI=1S/C65H127NO5/c1-3-5-7-9-11-13-15-17-19-21-23-24-25-26-29-33-37-41-45-49-53-57-63(68)62(61-67)66-64(69)58-54-50-46-42-38-34-30-28-32-36-40-44-48-52-56-60-71-65(70)59-55-51-47-43-39-35-31-27-22-20-18-16-14-12-10-8-6-4-2/h20,22,62-63,67-68H,3-19,21,23-61H2,1-2H3,(H,66,69)/b22-20-. The molecule has 1 amide bonds. The molecule has 0 radical (unpaired) electrons. The first-order chi connectivity index (χ1) is 35.0. The largest absolute Gasteiger partial charge is 0.466 e. The van der Waals surface area contributed by atoms with Crippen LogP contribution in [0.25, 0.3) is 0 Å². The van der Waals surface area contributed by atoms with Crippen molar-refractivity contribution >= 4 is 11.9 Å². The number of esters is 1. The van der Waals surface area contributed by atoms with Crippen LogP contribution in [0.1, 0.15) is 367 Å². The number of hydrogen-bond donors (Lipinski definition) is 3. The number of hydrogen-bond acceptors (Lipinski definition) is 5. The molecule has 422 valence electrons. The molecule has 0 aromatic heterocycles. The molecule has 6 heteroatoms. The summed E-state index contributed by atoms with van der Waals surface area (Å²) in [6.07, 6.45) is 73.6. The number of carbonyl (C=O) groups excluding carboxylic acids is 2. The Morgan fingerprint density at radius 3 is 1.00 bits per heavy atom. The van der Waals surface area contributed by atoms with Gasteiger partial charge in [0.2, 0.25) is 5.91 Å². The van der Waals surface area contributed by atoms with Gasteiger partial charge in [-0.25, -0.2) is 0 Å². The Balaban J connectivity index is 3.41. The Bertz CT molecular complexity index is 1060. The molecule has 0 aliphatic heterocycles. The maximum atomic E-state index is 12.5. The summed E-state index contributed by atoms with van der Waals surface area (Å²) in [6, 6.07) is -0.549. The van der Waals surface area contributed by atoms with Gasteiger partial charge in [-0.05, 0) is 51.4 Å². The number of aliphatic hydroxyl groups excluding tert-OH is 2. The number of ether oxygens (including phenoxy) is 1. The summed E-state index contributed by atoms with van der Waals surface area (Å²) >= 11 is 0. The molecular formula is C65H127NO5. The van der Waals surface area contributed by atoms with Crippen molar-refractivity contribution in [3.63, 3.8) is 0 Å². The SMILES string of the molecule is CCCCCCCCC/C=C\CCCCCCCCCC(=O)OCCCCCCCCCCCCCCCCCC(=O)NC(CO)C(O)CCCCCCCCCCCCCCCCCCCCCCC. The maximum absolute atomic E-state index is 12.5. The summed E-state index contributed by atoms with van der Waals surface area (Å²) in [5.41, 5.74) is 0. The van der Waals surface area contributed by atoms with Gasteiger partial charge < -0.3 is 20.3 Å². The molecule has 0 saturated carbocycles. The van der Waals surface area contributed by atoms with Gasteiger partial charge in [0.1, 0.15) is 0 Å². The van der Waals surface area contributed by atoms with Crippen molar-refractivity contribution in [3.05, 3.63) is 12.2 Å². The van der Waals surface area contributed by atoms with Gasteiger partial charge in [-0.15, -0.1) is 0 Å². The summed E-state index contributed by atoms with van der Waals surface area (Å²) in [7, 11) is 0. The second-order valence-electron chi connectivity index (χ2n) is 22.5. The normalized spacial score (nSPS) is 12.6. The first-order valence-electron chi connectivity index (χ1n) is 32.4. The first-order valence-corrected chi connectivity index (χ1v) is 32.4. The predicted molar refractivity (Wildman–Crippen MR) is 310 cm³/mol. The third-order valence-corrected chi connectivity index (χ3v) is 15.3. The molecule has 0 aliphatic rings. The van der Waals surface area contributed by atoms with Gasteiger partial charge in [-0.3, -0.25) is 9.59 Å². The Hall–Kier alpha value is -1.40. The summed E-state index contributed by atoms with van der Waals surface area (Å²) < 4.78 is 5.49. The molecule has 0 fully saturated rings. The lowest BCUT2D eigenvalue weighted by atomic mass is 10.0. The highest BCUT2D eigenvalue weighted by atomic mass is 16.5. The van der Waals surface area contributed by atoms with E-state index in [4.69, 9.17) is 4.74 Å². The van der Waals surface area contributed by atoms with Crippen molar-refractivity contribution in [1.29, 1.82) is 0 Å². The van der Waals surface area contributed by atoms with Crippen LogP contribution in [0, 0.1) is 0 Å². The van der Waals surface area contributed by atoms with E-state index in [9.17, 15) is 19.8 Å². The molecule has 0 bridgehead atoms.